The average Bonchev–Trinajstić information content (AvgIpc) is 2.67. The Kier molecular flexibility index (Phi) is 8.33. The lowest BCUT2D eigenvalue weighted by atomic mass is 9.97. The quantitative estimate of drug-likeness (QED) is 0.528. The van der Waals surface area contributed by atoms with Crippen LogP contribution in [0, 0.1) is 5.92 Å². The van der Waals surface area contributed by atoms with Crippen LogP contribution in [-0.4, -0.2) is 54.6 Å². The number of aromatic hydroxyl groups is 1. The summed E-state index contributed by atoms with van der Waals surface area (Å²) in [5.74, 6) is 0.443. The molecule has 6 heteroatoms. The molecular formula is C21H29NO5. The number of phenolic OH excluding ortho intramolecular Hbond substituents is 1. The molecule has 0 amide bonds. The Hall–Kier alpha value is -2.34. The van der Waals surface area contributed by atoms with Crippen molar-refractivity contribution in [2.75, 3.05) is 32.8 Å². The summed E-state index contributed by atoms with van der Waals surface area (Å²) in [5.41, 5.74) is 0.805. The van der Waals surface area contributed by atoms with Gasteiger partial charge >= 0.3 is 5.97 Å². The summed E-state index contributed by atoms with van der Waals surface area (Å²) in [4.78, 5) is 26.1. The molecule has 0 aliphatic carbocycles. The van der Waals surface area contributed by atoms with Gasteiger partial charge < -0.3 is 19.5 Å². The molecule has 1 N–H and O–H groups in total. The van der Waals surface area contributed by atoms with Crippen molar-refractivity contribution in [2.24, 2.45) is 5.92 Å². The van der Waals surface area contributed by atoms with E-state index in [1.807, 2.05) is 13.8 Å². The van der Waals surface area contributed by atoms with Crippen LogP contribution in [0.4, 0.5) is 0 Å². The number of nitrogens with zero attached hydrogens (tertiary/aromatic N) is 1. The zero-order valence-corrected chi connectivity index (χ0v) is 16.1. The summed E-state index contributed by atoms with van der Waals surface area (Å²) >= 11 is 0. The second kappa shape index (κ2) is 10.7. The normalized spacial score (nSPS) is 15.8. The standard InChI is InChI=1S/C21H29NO5/c1-3-26-20-15-16(6-8-19(20)24)5-7-18(23)11-14-22-12-9-17(10-13-22)21(25)27-4-2/h5-8,15,17,24H,3-4,9-14H2,1-2H3. The fraction of sp³-hybridized carbons (Fsp3) is 0.524. The van der Waals surface area contributed by atoms with Gasteiger partial charge in [0.15, 0.2) is 17.3 Å². The first-order chi connectivity index (χ1) is 13.0. The molecule has 1 fully saturated rings. The molecule has 0 spiro atoms. The van der Waals surface area contributed by atoms with Crippen LogP contribution in [0.15, 0.2) is 24.3 Å². The van der Waals surface area contributed by atoms with Gasteiger partial charge in [-0.25, -0.2) is 0 Å². The molecule has 1 saturated heterocycles. The number of carbonyl (C=O) groups is 2. The topological polar surface area (TPSA) is 76.1 Å². The smallest absolute Gasteiger partial charge is 0.309 e. The van der Waals surface area contributed by atoms with E-state index in [4.69, 9.17) is 9.47 Å². The molecule has 0 unspecified atom stereocenters. The van der Waals surface area contributed by atoms with Crippen molar-refractivity contribution in [3.8, 4) is 11.5 Å². The summed E-state index contributed by atoms with van der Waals surface area (Å²) in [6.45, 7) is 6.88. The van der Waals surface area contributed by atoms with E-state index in [1.54, 1.807) is 30.4 Å². The van der Waals surface area contributed by atoms with E-state index in [9.17, 15) is 14.7 Å². The maximum absolute atomic E-state index is 12.1. The minimum absolute atomic E-state index is 0.00849. The van der Waals surface area contributed by atoms with E-state index in [2.05, 4.69) is 4.90 Å². The number of ketones is 1. The molecule has 2 rings (SSSR count). The highest BCUT2D eigenvalue weighted by Crippen LogP contribution is 2.27. The van der Waals surface area contributed by atoms with E-state index in [0.717, 1.165) is 31.5 Å². The van der Waals surface area contributed by atoms with E-state index in [1.165, 1.54) is 0 Å². The SMILES string of the molecule is CCOC(=O)C1CCN(CCC(=O)C=Cc2ccc(O)c(OCC)c2)CC1. The summed E-state index contributed by atoms with van der Waals surface area (Å²) < 4.78 is 10.4. The number of piperidine rings is 1. The molecular weight excluding hydrogens is 346 g/mol. The number of phenols is 1. The van der Waals surface area contributed by atoms with Crippen molar-refractivity contribution in [1.82, 2.24) is 4.90 Å². The van der Waals surface area contributed by atoms with Crippen LogP contribution in [-0.2, 0) is 14.3 Å². The Bertz CT molecular complexity index is 663. The minimum atomic E-state index is -0.100. The largest absolute Gasteiger partial charge is 0.504 e. The number of hydrogen-bond donors (Lipinski definition) is 1. The maximum Gasteiger partial charge on any atom is 0.309 e. The molecule has 6 nitrogen and oxygen atoms in total. The van der Waals surface area contributed by atoms with Crippen LogP contribution >= 0.6 is 0 Å². The van der Waals surface area contributed by atoms with Gasteiger partial charge in [-0.05, 0) is 63.6 Å². The van der Waals surface area contributed by atoms with Crippen LogP contribution in [0.5, 0.6) is 11.5 Å². The molecule has 1 heterocycles. The first-order valence-corrected chi connectivity index (χ1v) is 9.59. The monoisotopic (exact) mass is 375 g/mol. The predicted molar refractivity (Wildman–Crippen MR) is 104 cm³/mol. The zero-order chi connectivity index (χ0) is 19.6. The van der Waals surface area contributed by atoms with Crippen molar-refractivity contribution in [2.45, 2.75) is 33.1 Å². The molecule has 0 aromatic heterocycles. The lowest BCUT2D eigenvalue weighted by Crippen LogP contribution is -2.37. The van der Waals surface area contributed by atoms with Crippen LogP contribution in [0.25, 0.3) is 6.08 Å². The van der Waals surface area contributed by atoms with Crippen LogP contribution in [0.3, 0.4) is 0 Å². The zero-order valence-electron chi connectivity index (χ0n) is 16.1. The Labute approximate surface area is 160 Å². The fourth-order valence-electron chi connectivity index (χ4n) is 3.10. The van der Waals surface area contributed by atoms with Gasteiger partial charge in [0.25, 0.3) is 0 Å². The van der Waals surface area contributed by atoms with Gasteiger partial charge in [0.2, 0.25) is 0 Å². The number of hydrogen-bond acceptors (Lipinski definition) is 6. The predicted octanol–water partition coefficient (Wildman–Crippen LogP) is 3.04. The second-order valence-electron chi connectivity index (χ2n) is 6.58. The Morgan fingerprint density at radius 2 is 1.96 bits per heavy atom. The molecule has 1 aliphatic rings. The van der Waals surface area contributed by atoms with Crippen molar-refractivity contribution in [3.05, 3.63) is 29.8 Å². The molecule has 1 aromatic carbocycles. The summed E-state index contributed by atoms with van der Waals surface area (Å²) in [6.07, 6.45) is 5.31. The molecule has 27 heavy (non-hydrogen) atoms. The lowest BCUT2D eigenvalue weighted by Gasteiger charge is -2.30. The number of rotatable bonds is 9. The molecule has 1 aromatic rings. The first-order valence-electron chi connectivity index (χ1n) is 9.59. The number of allylic oxidation sites excluding steroid dienone is 1. The highest BCUT2D eigenvalue weighted by Gasteiger charge is 2.25. The second-order valence-corrected chi connectivity index (χ2v) is 6.58. The van der Waals surface area contributed by atoms with Gasteiger partial charge in [0.1, 0.15) is 0 Å². The van der Waals surface area contributed by atoms with Gasteiger partial charge in [0.05, 0.1) is 19.1 Å². The Morgan fingerprint density at radius 1 is 1.22 bits per heavy atom. The van der Waals surface area contributed by atoms with E-state index in [0.29, 0.717) is 31.9 Å². The molecule has 0 bridgehead atoms. The molecule has 1 aliphatic heterocycles. The van der Waals surface area contributed by atoms with Gasteiger partial charge in [-0.15, -0.1) is 0 Å². The number of esters is 1. The van der Waals surface area contributed by atoms with Crippen molar-refractivity contribution < 1.29 is 24.2 Å². The average molecular weight is 375 g/mol. The molecule has 0 saturated carbocycles. The maximum atomic E-state index is 12.1. The Morgan fingerprint density at radius 3 is 2.63 bits per heavy atom. The summed E-state index contributed by atoms with van der Waals surface area (Å²) in [5, 5.41) is 9.70. The van der Waals surface area contributed by atoms with Gasteiger partial charge in [0, 0.05) is 13.0 Å². The van der Waals surface area contributed by atoms with Crippen LogP contribution < -0.4 is 4.74 Å². The van der Waals surface area contributed by atoms with Crippen LogP contribution in [0.2, 0.25) is 0 Å². The number of carbonyl (C=O) groups excluding carboxylic acids is 2. The highest BCUT2D eigenvalue weighted by molar-refractivity contribution is 5.93. The molecule has 148 valence electrons. The third kappa shape index (κ3) is 6.71. The summed E-state index contributed by atoms with van der Waals surface area (Å²) in [7, 11) is 0. The van der Waals surface area contributed by atoms with Crippen molar-refractivity contribution >= 4 is 17.8 Å². The molecule has 0 atom stereocenters. The number of benzene rings is 1. The van der Waals surface area contributed by atoms with Gasteiger partial charge in [-0.3, -0.25) is 9.59 Å². The van der Waals surface area contributed by atoms with Gasteiger partial charge in [-0.1, -0.05) is 12.1 Å². The number of ether oxygens (including phenoxy) is 2. The highest BCUT2D eigenvalue weighted by atomic mass is 16.5. The first kappa shape index (κ1) is 21.0. The minimum Gasteiger partial charge on any atom is -0.504 e. The lowest BCUT2D eigenvalue weighted by molar-refractivity contribution is -0.149. The third-order valence-electron chi connectivity index (χ3n) is 4.63. The van der Waals surface area contributed by atoms with Crippen molar-refractivity contribution in [1.29, 1.82) is 0 Å². The molecule has 0 radical (unpaired) electrons. The van der Waals surface area contributed by atoms with Crippen LogP contribution in [0.1, 0.15) is 38.7 Å². The number of likely N-dealkylation sites (tertiary alicyclic amines) is 1. The fourth-order valence-corrected chi connectivity index (χ4v) is 3.10. The van der Waals surface area contributed by atoms with E-state index in [-0.39, 0.29) is 23.4 Å². The third-order valence-corrected chi connectivity index (χ3v) is 4.63. The van der Waals surface area contributed by atoms with Crippen molar-refractivity contribution in [3.63, 3.8) is 0 Å². The van der Waals surface area contributed by atoms with E-state index >= 15 is 0 Å². The van der Waals surface area contributed by atoms with Gasteiger partial charge in [-0.2, -0.15) is 0 Å². The Balaban J connectivity index is 1.76. The summed E-state index contributed by atoms with van der Waals surface area (Å²) in [6, 6.07) is 5.01. The van der Waals surface area contributed by atoms with E-state index < -0.39 is 0 Å².